The zero-order valence-corrected chi connectivity index (χ0v) is 9.01. The van der Waals surface area contributed by atoms with Gasteiger partial charge in [0, 0.05) is 17.0 Å². The second kappa shape index (κ2) is 3.25. The van der Waals surface area contributed by atoms with Crippen LogP contribution in [0, 0.1) is 0 Å². The van der Waals surface area contributed by atoms with Gasteiger partial charge in [0.2, 0.25) is 0 Å². The maximum Gasteiger partial charge on any atom is 0.123 e. The Kier molecular flexibility index (Phi) is 2.24. The first-order valence-corrected chi connectivity index (χ1v) is 5.40. The number of rotatable bonds is 0. The first-order chi connectivity index (χ1) is 5.95. The van der Waals surface area contributed by atoms with Crippen molar-refractivity contribution in [2.45, 2.75) is 0 Å². The molecule has 66 valence electrons. The van der Waals surface area contributed by atoms with Crippen LogP contribution in [-0.2, 0) is 0 Å². The Bertz CT molecular complexity index is 491. The van der Waals surface area contributed by atoms with Crippen LogP contribution in [0.4, 0.5) is 0 Å². The monoisotopic (exact) mass is 227 g/mol. The highest BCUT2D eigenvalue weighted by Gasteiger charge is 2.02. The first-order valence-electron chi connectivity index (χ1n) is 3.64. The minimum Gasteiger partial charge on any atom is -0.244 e. The fourth-order valence-corrected chi connectivity index (χ4v) is 2.89. The van der Waals surface area contributed by atoms with Crippen LogP contribution < -0.4 is 0 Å². The molecule has 0 spiro atoms. The molecule has 0 fully saturated rings. The van der Waals surface area contributed by atoms with E-state index >= 15 is 0 Å². The molecule has 0 saturated carbocycles. The summed E-state index contributed by atoms with van der Waals surface area (Å²) in [6, 6.07) is 4.30. The molecule has 0 unspecified atom stereocenters. The largest absolute Gasteiger partial charge is 0.244 e. The van der Waals surface area contributed by atoms with Gasteiger partial charge in [0.25, 0.3) is 0 Å². The summed E-state index contributed by atoms with van der Waals surface area (Å²) < 4.78 is 1.28. The normalized spacial score (nSPS) is 10.5. The summed E-state index contributed by atoms with van der Waals surface area (Å²) in [6.45, 7) is 0. The molecule has 0 radical (unpaired) electrons. The Balaban J connectivity index is 0.000000653. The van der Waals surface area contributed by atoms with Gasteiger partial charge in [0.05, 0.1) is 4.70 Å². The molecular formula is C9H6ClNS2. The van der Waals surface area contributed by atoms with Gasteiger partial charge in [-0.15, -0.1) is 35.1 Å². The van der Waals surface area contributed by atoms with Crippen molar-refractivity contribution in [1.29, 1.82) is 0 Å². The first kappa shape index (κ1) is 8.94. The number of hydrogen-bond acceptors (Lipinski definition) is 3. The van der Waals surface area contributed by atoms with Gasteiger partial charge in [0.15, 0.2) is 0 Å². The molecule has 3 aromatic rings. The summed E-state index contributed by atoms with van der Waals surface area (Å²) >= 11 is 3.45. The molecule has 1 nitrogen and oxygen atoms in total. The third-order valence-electron chi connectivity index (χ3n) is 1.93. The van der Waals surface area contributed by atoms with Crippen molar-refractivity contribution in [3.63, 3.8) is 0 Å². The fraction of sp³-hybridized carbons (Fsp3) is 0. The van der Waals surface area contributed by atoms with Crippen LogP contribution in [0.25, 0.3) is 20.3 Å². The molecule has 0 atom stereocenters. The molecule has 3 rings (SSSR count). The standard InChI is InChI=1S/C9H5NS2.ClH/c1-3-11-8-5-10-9-7(6(1)8)2-4-12-9;/h1-5H;1H. The van der Waals surface area contributed by atoms with E-state index < -0.39 is 0 Å². The van der Waals surface area contributed by atoms with Gasteiger partial charge in [-0.3, -0.25) is 0 Å². The quantitative estimate of drug-likeness (QED) is 0.567. The molecule has 0 amide bonds. The zero-order valence-electron chi connectivity index (χ0n) is 6.56. The third-order valence-corrected chi connectivity index (χ3v) is 3.60. The predicted octanol–water partition coefficient (Wildman–Crippen LogP) is 3.93. The number of thiophene rings is 2. The fourth-order valence-electron chi connectivity index (χ4n) is 1.37. The lowest BCUT2D eigenvalue weighted by atomic mass is 10.2. The van der Waals surface area contributed by atoms with E-state index in [1.807, 2.05) is 6.20 Å². The van der Waals surface area contributed by atoms with Crippen molar-refractivity contribution < 1.29 is 0 Å². The molecular weight excluding hydrogens is 222 g/mol. The number of fused-ring (bicyclic) bond motifs is 3. The Morgan fingerprint density at radius 2 is 1.77 bits per heavy atom. The van der Waals surface area contributed by atoms with Crippen LogP contribution in [0.15, 0.2) is 29.1 Å². The van der Waals surface area contributed by atoms with E-state index in [-0.39, 0.29) is 12.4 Å². The van der Waals surface area contributed by atoms with Crippen molar-refractivity contribution in [2.75, 3.05) is 0 Å². The Labute approximate surface area is 89.4 Å². The van der Waals surface area contributed by atoms with Gasteiger partial charge < -0.3 is 0 Å². The second-order valence-corrected chi connectivity index (χ2v) is 4.44. The van der Waals surface area contributed by atoms with Crippen molar-refractivity contribution in [2.24, 2.45) is 0 Å². The molecule has 0 N–H and O–H groups in total. The Hall–Kier alpha value is -0.640. The van der Waals surface area contributed by atoms with Crippen LogP contribution in [0.5, 0.6) is 0 Å². The number of pyridine rings is 1. The zero-order chi connectivity index (χ0) is 7.97. The molecule has 0 saturated heterocycles. The average Bonchev–Trinajstić information content (AvgIpc) is 2.71. The summed E-state index contributed by atoms with van der Waals surface area (Å²) in [5, 5.41) is 6.84. The van der Waals surface area contributed by atoms with E-state index in [0.29, 0.717) is 0 Å². The topological polar surface area (TPSA) is 12.9 Å². The molecule has 4 heteroatoms. The highest BCUT2D eigenvalue weighted by molar-refractivity contribution is 7.18. The molecule has 0 aliphatic rings. The van der Waals surface area contributed by atoms with Crippen molar-refractivity contribution in [3.05, 3.63) is 29.1 Å². The third kappa shape index (κ3) is 1.24. The van der Waals surface area contributed by atoms with Gasteiger partial charge >= 0.3 is 0 Å². The van der Waals surface area contributed by atoms with E-state index in [1.54, 1.807) is 22.7 Å². The van der Waals surface area contributed by atoms with Gasteiger partial charge in [-0.1, -0.05) is 0 Å². The highest BCUT2D eigenvalue weighted by Crippen LogP contribution is 2.29. The van der Waals surface area contributed by atoms with E-state index in [4.69, 9.17) is 0 Å². The van der Waals surface area contributed by atoms with Crippen LogP contribution in [0.1, 0.15) is 0 Å². The summed E-state index contributed by atoms with van der Waals surface area (Å²) in [7, 11) is 0. The molecule has 0 aromatic carbocycles. The lowest BCUT2D eigenvalue weighted by Crippen LogP contribution is -1.69. The minimum atomic E-state index is 0. The molecule has 13 heavy (non-hydrogen) atoms. The number of aromatic nitrogens is 1. The van der Waals surface area contributed by atoms with E-state index in [1.165, 1.54) is 15.5 Å². The van der Waals surface area contributed by atoms with E-state index in [2.05, 4.69) is 27.9 Å². The van der Waals surface area contributed by atoms with Gasteiger partial charge in [-0.05, 0) is 22.9 Å². The van der Waals surface area contributed by atoms with Crippen LogP contribution in [0.2, 0.25) is 0 Å². The average molecular weight is 228 g/mol. The van der Waals surface area contributed by atoms with Crippen molar-refractivity contribution in [3.8, 4) is 0 Å². The lowest BCUT2D eigenvalue weighted by Gasteiger charge is -1.89. The SMILES string of the molecule is Cl.c1cc2c(cnc3sccc32)s1. The van der Waals surface area contributed by atoms with E-state index in [9.17, 15) is 0 Å². The number of nitrogens with zero attached hydrogens (tertiary/aromatic N) is 1. The molecule has 0 aliphatic carbocycles. The van der Waals surface area contributed by atoms with Crippen LogP contribution in [-0.4, -0.2) is 4.98 Å². The maximum atomic E-state index is 4.37. The van der Waals surface area contributed by atoms with Crippen molar-refractivity contribution in [1.82, 2.24) is 4.98 Å². The summed E-state index contributed by atoms with van der Waals surface area (Å²) in [5.74, 6) is 0. The predicted molar refractivity (Wildman–Crippen MR) is 62.3 cm³/mol. The lowest BCUT2D eigenvalue weighted by molar-refractivity contribution is 1.49. The van der Waals surface area contributed by atoms with Gasteiger partial charge in [-0.25, -0.2) is 4.98 Å². The second-order valence-electron chi connectivity index (χ2n) is 2.60. The van der Waals surface area contributed by atoms with Gasteiger partial charge in [0.1, 0.15) is 4.83 Å². The Morgan fingerprint density at radius 1 is 1.00 bits per heavy atom. The Morgan fingerprint density at radius 3 is 2.69 bits per heavy atom. The van der Waals surface area contributed by atoms with Crippen LogP contribution in [0.3, 0.4) is 0 Å². The molecule has 0 aliphatic heterocycles. The summed E-state index contributed by atoms with van der Waals surface area (Å²) in [4.78, 5) is 5.51. The van der Waals surface area contributed by atoms with Gasteiger partial charge in [-0.2, -0.15) is 0 Å². The summed E-state index contributed by atoms with van der Waals surface area (Å²) in [5.41, 5.74) is 0. The maximum absolute atomic E-state index is 4.37. The molecule has 0 bridgehead atoms. The van der Waals surface area contributed by atoms with E-state index in [0.717, 1.165) is 4.83 Å². The minimum absolute atomic E-state index is 0. The molecule has 3 aromatic heterocycles. The van der Waals surface area contributed by atoms with Crippen LogP contribution >= 0.6 is 35.1 Å². The summed E-state index contributed by atoms with van der Waals surface area (Å²) in [6.07, 6.45) is 1.96. The number of halogens is 1. The highest BCUT2D eigenvalue weighted by atomic mass is 35.5. The smallest absolute Gasteiger partial charge is 0.123 e. The number of hydrogen-bond donors (Lipinski definition) is 0. The molecule has 3 heterocycles. The van der Waals surface area contributed by atoms with Crippen molar-refractivity contribution >= 4 is 55.4 Å².